The van der Waals surface area contributed by atoms with Gasteiger partial charge in [-0.15, -0.1) is 0 Å². The van der Waals surface area contributed by atoms with Gasteiger partial charge in [-0.3, -0.25) is 19.4 Å². The van der Waals surface area contributed by atoms with E-state index in [2.05, 4.69) is 20.4 Å². The Kier molecular flexibility index (Phi) is 7.24. The van der Waals surface area contributed by atoms with E-state index >= 15 is 0 Å². The summed E-state index contributed by atoms with van der Waals surface area (Å²) in [6, 6.07) is 10.2. The summed E-state index contributed by atoms with van der Waals surface area (Å²) < 4.78 is 0. The first kappa shape index (κ1) is 19.8. The highest BCUT2D eigenvalue weighted by atomic mass is 16.2. The van der Waals surface area contributed by atoms with Gasteiger partial charge in [-0.2, -0.15) is 0 Å². The van der Waals surface area contributed by atoms with Crippen molar-refractivity contribution in [2.24, 2.45) is 0 Å². The van der Waals surface area contributed by atoms with Gasteiger partial charge < -0.3 is 10.6 Å². The maximum absolute atomic E-state index is 12.4. The minimum absolute atomic E-state index is 0.0549. The molecule has 1 atom stereocenters. The summed E-state index contributed by atoms with van der Waals surface area (Å²) in [7, 11) is 0. The van der Waals surface area contributed by atoms with Crippen molar-refractivity contribution in [2.75, 3.05) is 32.7 Å². The maximum atomic E-state index is 12.4. The second-order valence-corrected chi connectivity index (χ2v) is 7.74. The van der Waals surface area contributed by atoms with Crippen LogP contribution in [0.2, 0.25) is 0 Å². The Morgan fingerprint density at radius 3 is 2.41 bits per heavy atom. The molecular formula is C21H32N4O2. The number of carbonyl (C=O) groups is 2. The number of benzene rings is 1. The van der Waals surface area contributed by atoms with Crippen LogP contribution in [0.5, 0.6) is 0 Å². The second-order valence-electron chi connectivity index (χ2n) is 7.74. The van der Waals surface area contributed by atoms with Crippen LogP contribution in [-0.2, 0) is 16.1 Å². The molecule has 1 aromatic rings. The Bertz CT molecular complexity index is 608. The van der Waals surface area contributed by atoms with Crippen LogP contribution >= 0.6 is 0 Å². The summed E-state index contributed by atoms with van der Waals surface area (Å²) >= 11 is 0. The Labute approximate surface area is 162 Å². The number of piperazine rings is 1. The maximum Gasteiger partial charge on any atom is 0.237 e. The van der Waals surface area contributed by atoms with Crippen molar-refractivity contribution in [1.82, 2.24) is 20.4 Å². The van der Waals surface area contributed by atoms with Gasteiger partial charge in [0.25, 0.3) is 0 Å². The molecule has 0 radical (unpaired) electrons. The first-order valence-electron chi connectivity index (χ1n) is 10.2. The van der Waals surface area contributed by atoms with Crippen molar-refractivity contribution in [3.63, 3.8) is 0 Å². The van der Waals surface area contributed by atoms with Crippen molar-refractivity contribution >= 4 is 11.8 Å². The fourth-order valence-corrected chi connectivity index (χ4v) is 3.92. The van der Waals surface area contributed by atoms with Gasteiger partial charge >= 0.3 is 0 Å². The lowest BCUT2D eigenvalue weighted by Gasteiger charge is -2.37. The number of nitrogens with one attached hydrogen (secondary N) is 2. The summed E-state index contributed by atoms with van der Waals surface area (Å²) in [6.45, 7) is 6.27. The van der Waals surface area contributed by atoms with E-state index in [4.69, 9.17) is 0 Å². The standard InChI is InChI=1S/C21H32N4O2/c1-17(21(27)23-19-9-5-6-10-19)25-13-11-24(12-14-25)16-20(26)22-15-18-7-3-2-4-8-18/h2-4,7-8,17,19H,5-6,9-16H2,1H3,(H,22,26)(H,23,27). The third kappa shape index (κ3) is 6.04. The van der Waals surface area contributed by atoms with Crippen molar-refractivity contribution in [3.8, 4) is 0 Å². The van der Waals surface area contributed by atoms with E-state index in [0.717, 1.165) is 44.6 Å². The van der Waals surface area contributed by atoms with Crippen LogP contribution in [0.1, 0.15) is 38.2 Å². The lowest BCUT2D eigenvalue weighted by atomic mass is 10.2. The zero-order valence-corrected chi connectivity index (χ0v) is 16.3. The van der Waals surface area contributed by atoms with E-state index in [1.165, 1.54) is 12.8 Å². The predicted octanol–water partition coefficient (Wildman–Crippen LogP) is 1.37. The van der Waals surface area contributed by atoms with Crippen LogP contribution in [0.25, 0.3) is 0 Å². The van der Waals surface area contributed by atoms with Gasteiger partial charge in [-0.25, -0.2) is 0 Å². The molecule has 1 unspecified atom stereocenters. The van der Waals surface area contributed by atoms with E-state index in [0.29, 0.717) is 19.1 Å². The van der Waals surface area contributed by atoms with Gasteiger partial charge in [-0.1, -0.05) is 43.2 Å². The molecule has 1 saturated carbocycles. The quantitative estimate of drug-likeness (QED) is 0.759. The predicted molar refractivity (Wildman–Crippen MR) is 106 cm³/mol. The molecular weight excluding hydrogens is 340 g/mol. The number of rotatable bonds is 7. The van der Waals surface area contributed by atoms with E-state index in [1.807, 2.05) is 37.3 Å². The minimum Gasteiger partial charge on any atom is -0.352 e. The molecule has 3 rings (SSSR count). The molecule has 2 N–H and O–H groups in total. The highest BCUT2D eigenvalue weighted by molar-refractivity contribution is 5.81. The lowest BCUT2D eigenvalue weighted by Crippen LogP contribution is -2.55. The van der Waals surface area contributed by atoms with Crippen molar-refractivity contribution in [2.45, 2.75) is 51.2 Å². The summed E-state index contributed by atoms with van der Waals surface area (Å²) in [6.07, 6.45) is 4.68. The van der Waals surface area contributed by atoms with Gasteiger partial charge in [0.15, 0.2) is 0 Å². The number of hydrogen-bond donors (Lipinski definition) is 2. The molecule has 1 heterocycles. The molecule has 0 spiro atoms. The summed E-state index contributed by atoms with van der Waals surface area (Å²) in [4.78, 5) is 29.0. The van der Waals surface area contributed by atoms with Crippen LogP contribution in [0, 0.1) is 0 Å². The van der Waals surface area contributed by atoms with Gasteiger partial charge in [0.1, 0.15) is 0 Å². The zero-order valence-electron chi connectivity index (χ0n) is 16.3. The largest absolute Gasteiger partial charge is 0.352 e. The van der Waals surface area contributed by atoms with E-state index < -0.39 is 0 Å². The van der Waals surface area contributed by atoms with Gasteiger partial charge in [0, 0.05) is 38.8 Å². The minimum atomic E-state index is -0.0975. The topological polar surface area (TPSA) is 64.7 Å². The fraction of sp³-hybridized carbons (Fsp3) is 0.619. The Balaban J connectivity index is 1.35. The zero-order chi connectivity index (χ0) is 19.1. The average Bonchev–Trinajstić information content (AvgIpc) is 3.20. The van der Waals surface area contributed by atoms with Crippen LogP contribution in [0.3, 0.4) is 0 Å². The SMILES string of the molecule is CC(C(=O)NC1CCCC1)N1CCN(CC(=O)NCc2ccccc2)CC1. The third-order valence-corrected chi connectivity index (χ3v) is 5.74. The average molecular weight is 373 g/mol. The molecule has 2 aliphatic rings. The van der Waals surface area contributed by atoms with Gasteiger partial charge in [0.05, 0.1) is 12.6 Å². The van der Waals surface area contributed by atoms with Crippen LogP contribution in [-0.4, -0.2) is 66.4 Å². The lowest BCUT2D eigenvalue weighted by molar-refractivity contribution is -0.128. The molecule has 1 aliphatic carbocycles. The summed E-state index contributed by atoms with van der Waals surface area (Å²) in [5.74, 6) is 0.204. The van der Waals surface area contributed by atoms with Crippen molar-refractivity contribution in [1.29, 1.82) is 0 Å². The van der Waals surface area contributed by atoms with Gasteiger partial charge in [0.2, 0.25) is 11.8 Å². The molecule has 6 heteroatoms. The molecule has 6 nitrogen and oxygen atoms in total. The first-order chi connectivity index (χ1) is 13.1. The van der Waals surface area contributed by atoms with E-state index in [9.17, 15) is 9.59 Å². The Morgan fingerprint density at radius 1 is 1.07 bits per heavy atom. The molecule has 1 saturated heterocycles. The molecule has 2 amide bonds. The van der Waals surface area contributed by atoms with Crippen LogP contribution in [0.15, 0.2) is 30.3 Å². The number of carbonyl (C=O) groups excluding carboxylic acids is 2. The normalized spacial score (nSPS) is 20.3. The fourth-order valence-electron chi connectivity index (χ4n) is 3.92. The molecule has 27 heavy (non-hydrogen) atoms. The molecule has 1 aliphatic heterocycles. The number of amides is 2. The molecule has 2 fully saturated rings. The Morgan fingerprint density at radius 2 is 1.74 bits per heavy atom. The highest BCUT2D eigenvalue weighted by Gasteiger charge is 2.28. The van der Waals surface area contributed by atoms with E-state index in [1.54, 1.807) is 0 Å². The molecule has 0 bridgehead atoms. The molecule has 148 valence electrons. The van der Waals surface area contributed by atoms with Crippen LogP contribution < -0.4 is 10.6 Å². The molecule has 0 aromatic heterocycles. The summed E-state index contributed by atoms with van der Waals surface area (Å²) in [5.41, 5.74) is 1.11. The second kappa shape index (κ2) is 9.85. The first-order valence-corrected chi connectivity index (χ1v) is 10.2. The van der Waals surface area contributed by atoms with E-state index in [-0.39, 0.29) is 17.9 Å². The van der Waals surface area contributed by atoms with Crippen molar-refractivity contribution < 1.29 is 9.59 Å². The highest BCUT2D eigenvalue weighted by Crippen LogP contribution is 2.18. The third-order valence-electron chi connectivity index (χ3n) is 5.74. The smallest absolute Gasteiger partial charge is 0.237 e. The van der Waals surface area contributed by atoms with Crippen molar-refractivity contribution in [3.05, 3.63) is 35.9 Å². The molecule has 1 aromatic carbocycles. The number of hydrogen-bond acceptors (Lipinski definition) is 4. The summed E-state index contributed by atoms with van der Waals surface area (Å²) in [5, 5.41) is 6.17. The Hall–Kier alpha value is -1.92. The van der Waals surface area contributed by atoms with Gasteiger partial charge in [-0.05, 0) is 25.3 Å². The number of nitrogens with zero attached hydrogens (tertiary/aromatic N) is 2. The monoisotopic (exact) mass is 372 g/mol. The van der Waals surface area contributed by atoms with Crippen LogP contribution in [0.4, 0.5) is 0 Å².